The zero-order valence-electron chi connectivity index (χ0n) is 15.6. The zero-order chi connectivity index (χ0) is 17.6. The first kappa shape index (κ1) is 18.0. The van der Waals surface area contributed by atoms with Gasteiger partial charge in [0.05, 0.1) is 0 Å². The van der Waals surface area contributed by atoms with Crippen LogP contribution in [0.4, 0.5) is 11.6 Å². The van der Waals surface area contributed by atoms with E-state index in [1.807, 2.05) is 18.7 Å². The third-order valence-electron chi connectivity index (χ3n) is 5.40. The molecule has 3 rings (SSSR count). The monoisotopic (exact) mass is 345 g/mol. The molecule has 6 heteroatoms. The topological polar surface area (TPSA) is 61.4 Å². The van der Waals surface area contributed by atoms with Gasteiger partial charge >= 0.3 is 0 Å². The molecule has 0 radical (unpaired) electrons. The Morgan fingerprint density at radius 1 is 1.20 bits per heavy atom. The molecule has 0 atom stereocenters. The Kier molecular flexibility index (Phi) is 6.10. The summed E-state index contributed by atoms with van der Waals surface area (Å²) >= 11 is 0. The fourth-order valence-electron chi connectivity index (χ4n) is 3.55. The Morgan fingerprint density at radius 3 is 2.56 bits per heavy atom. The smallest absolute Gasteiger partial charge is 0.222 e. The van der Waals surface area contributed by atoms with Gasteiger partial charge in [0.2, 0.25) is 5.91 Å². The van der Waals surface area contributed by atoms with Crippen LogP contribution in [0.3, 0.4) is 0 Å². The Labute approximate surface area is 151 Å². The Hall–Kier alpha value is -1.85. The van der Waals surface area contributed by atoms with Gasteiger partial charge in [0.1, 0.15) is 18.0 Å². The fourth-order valence-corrected chi connectivity index (χ4v) is 3.55. The molecule has 0 unspecified atom stereocenters. The Morgan fingerprint density at radius 2 is 1.92 bits per heavy atom. The number of aromatic nitrogens is 2. The van der Waals surface area contributed by atoms with Crippen molar-refractivity contribution in [2.24, 2.45) is 5.92 Å². The molecule has 25 heavy (non-hydrogen) atoms. The van der Waals surface area contributed by atoms with E-state index in [2.05, 4.69) is 26.3 Å². The van der Waals surface area contributed by atoms with Gasteiger partial charge < -0.3 is 15.1 Å². The minimum Gasteiger partial charge on any atom is -0.367 e. The van der Waals surface area contributed by atoms with Gasteiger partial charge in [-0.05, 0) is 51.9 Å². The molecule has 1 amide bonds. The van der Waals surface area contributed by atoms with Crippen LogP contribution in [0.5, 0.6) is 0 Å². The van der Waals surface area contributed by atoms with Gasteiger partial charge in [0.25, 0.3) is 0 Å². The number of carbonyl (C=O) groups excluding carboxylic acids is 1. The van der Waals surface area contributed by atoms with E-state index in [-0.39, 0.29) is 0 Å². The molecule has 0 aromatic carbocycles. The summed E-state index contributed by atoms with van der Waals surface area (Å²) in [6, 6.07) is 2.68. The van der Waals surface area contributed by atoms with E-state index in [9.17, 15) is 4.79 Å². The maximum Gasteiger partial charge on any atom is 0.222 e. The molecule has 1 saturated heterocycles. The van der Waals surface area contributed by atoms with Crippen molar-refractivity contribution in [3.63, 3.8) is 0 Å². The van der Waals surface area contributed by atoms with E-state index >= 15 is 0 Å². The number of amides is 1. The summed E-state index contributed by atoms with van der Waals surface area (Å²) < 4.78 is 0. The number of hydrogen-bond donors (Lipinski definition) is 1. The molecule has 1 saturated carbocycles. The van der Waals surface area contributed by atoms with Gasteiger partial charge in [-0.2, -0.15) is 0 Å². The zero-order valence-corrected chi connectivity index (χ0v) is 15.6. The Bertz CT molecular complexity index is 563. The van der Waals surface area contributed by atoms with Gasteiger partial charge in [-0.3, -0.25) is 4.79 Å². The number of carbonyl (C=O) groups is 1. The highest BCUT2D eigenvalue weighted by atomic mass is 16.2. The van der Waals surface area contributed by atoms with Crippen molar-refractivity contribution in [3.05, 3.63) is 12.4 Å². The molecule has 1 aromatic heterocycles. The van der Waals surface area contributed by atoms with Gasteiger partial charge in [-0.25, -0.2) is 9.97 Å². The molecule has 1 N–H and O–H groups in total. The van der Waals surface area contributed by atoms with Crippen LogP contribution >= 0.6 is 0 Å². The molecular formula is C19H31N5O. The SMILES string of the molecule is CCN(CC)C(=O)CCC1CCN(c2cc(NC3CC3)ncn2)CC1. The summed E-state index contributed by atoms with van der Waals surface area (Å²) in [6.07, 6.45) is 8.14. The van der Waals surface area contributed by atoms with E-state index in [1.54, 1.807) is 6.33 Å². The number of hydrogen-bond acceptors (Lipinski definition) is 5. The first-order valence-corrected chi connectivity index (χ1v) is 9.80. The third-order valence-corrected chi connectivity index (χ3v) is 5.40. The average Bonchev–Trinajstić information content (AvgIpc) is 3.46. The highest BCUT2D eigenvalue weighted by Crippen LogP contribution is 2.28. The first-order chi connectivity index (χ1) is 12.2. The molecule has 2 heterocycles. The lowest BCUT2D eigenvalue weighted by atomic mass is 9.92. The summed E-state index contributed by atoms with van der Waals surface area (Å²) in [5.41, 5.74) is 0. The molecule has 1 aliphatic carbocycles. The molecule has 2 aliphatic rings. The summed E-state index contributed by atoms with van der Waals surface area (Å²) in [5, 5.41) is 3.44. The van der Waals surface area contributed by atoms with Crippen molar-refractivity contribution in [1.29, 1.82) is 0 Å². The number of rotatable bonds is 8. The van der Waals surface area contributed by atoms with Crippen molar-refractivity contribution in [3.8, 4) is 0 Å². The van der Waals surface area contributed by atoms with Crippen LogP contribution in [-0.4, -0.2) is 53.0 Å². The predicted octanol–water partition coefficient (Wildman–Crippen LogP) is 2.92. The van der Waals surface area contributed by atoms with E-state index in [0.717, 1.165) is 57.1 Å². The molecule has 6 nitrogen and oxygen atoms in total. The summed E-state index contributed by atoms with van der Waals surface area (Å²) in [5.74, 6) is 2.93. The normalized spacial score (nSPS) is 18.2. The van der Waals surface area contributed by atoms with Crippen LogP contribution < -0.4 is 10.2 Å². The van der Waals surface area contributed by atoms with Crippen molar-refractivity contribution in [1.82, 2.24) is 14.9 Å². The maximum absolute atomic E-state index is 12.2. The fraction of sp³-hybridized carbons (Fsp3) is 0.737. The van der Waals surface area contributed by atoms with Crippen LogP contribution in [0.15, 0.2) is 12.4 Å². The number of piperidine rings is 1. The standard InChI is InChI=1S/C19H31N5O/c1-3-23(4-2)19(25)8-5-15-9-11-24(12-10-15)18-13-17(20-14-21-18)22-16-6-7-16/h13-16H,3-12H2,1-2H3,(H,20,21,22). The molecule has 0 spiro atoms. The van der Waals surface area contributed by atoms with E-state index in [0.29, 0.717) is 24.3 Å². The molecule has 0 bridgehead atoms. The highest BCUT2D eigenvalue weighted by molar-refractivity contribution is 5.76. The van der Waals surface area contributed by atoms with Gasteiger partial charge in [0, 0.05) is 44.7 Å². The molecule has 1 aromatic rings. The summed E-state index contributed by atoms with van der Waals surface area (Å²) in [4.78, 5) is 25.2. The highest BCUT2D eigenvalue weighted by Gasteiger charge is 2.24. The molecular weight excluding hydrogens is 314 g/mol. The molecule has 2 fully saturated rings. The van der Waals surface area contributed by atoms with Crippen molar-refractivity contribution in [2.45, 2.75) is 58.4 Å². The van der Waals surface area contributed by atoms with Crippen LogP contribution in [-0.2, 0) is 4.79 Å². The third kappa shape index (κ3) is 5.06. The van der Waals surface area contributed by atoms with Crippen LogP contribution in [0.25, 0.3) is 0 Å². The largest absolute Gasteiger partial charge is 0.367 e. The number of nitrogens with zero attached hydrogens (tertiary/aromatic N) is 4. The van der Waals surface area contributed by atoms with Gasteiger partial charge in [0.15, 0.2) is 0 Å². The lowest BCUT2D eigenvalue weighted by Gasteiger charge is -2.33. The quantitative estimate of drug-likeness (QED) is 0.785. The Balaban J connectivity index is 1.44. The maximum atomic E-state index is 12.2. The van der Waals surface area contributed by atoms with Crippen LogP contribution in [0.1, 0.15) is 52.4 Å². The van der Waals surface area contributed by atoms with Crippen molar-refractivity contribution >= 4 is 17.5 Å². The molecule has 138 valence electrons. The minimum atomic E-state index is 0.305. The van der Waals surface area contributed by atoms with Gasteiger partial charge in [-0.1, -0.05) is 0 Å². The van der Waals surface area contributed by atoms with Crippen LogP contribution in [0.2, 0.25) is 0 Å². The van der Waals surface area contributed by atoms with E-state index in [1.165, 1.54) is 12.8 Å². The lowest BCUT2D eigenvalue weighted by Crippen LogP contribution is -2.35. The predicted molar refractivity (Wildman–Crippen MR) is 101 cm³/mol. The second-order valence-electron chi connectivity index (χ2n) is 7.22. The average molecular weight is 345 g/mol. The number of anilines is 2. The second kappa shape index (κ2) is 8.50. The number of nitrogens with one attached hydrogen (secondary N) is 1. The van der Waals surface area contributed by atoms with E-state index in [4.69, 9.17) is 0 Å². The van der Waals surface area contributed by atoms with E-state index < -0.39 is 0 Å². The van der Waals surface area contributed by atoms with Crippen molar-refractivity contribution < 1.29 is 4.79 Å². The first-order valence-electron chi connectivity index (χ1n) is 9.80. The van der Waals surface area contributed by atoms with Crippen molar-refractivity contribution in [2.75, 3.05) is 36.4 Å². The minimum absolute atomic E-state index is 0.305. The summed E-state index contributed by atoms with van der Waals surface area (Å²) in [7, 11) is 0. The molecule has 1 aliphatic heterocycles. The summed E-state index contributed by atoms with van der Waals surface area (Å²) in [6.45, 7) is 7.77. The second-order valence-corrected chi connectivity index (χ2v) is 7.22. The van der Waals surface area contributed by atoms with Crippen LogP contribution in [0, 0.1) is 5.92 Å². The lowest BCUT2D eigenvalue weighted by molar-refractivity contribution is -0.131. The van der Waals surface area contributed by atoms with Gasteiger partial charge in [-0.15, -0.1) is 0 Å².